The van der Waals surface area contributed by atoms with Gasteiger partial charge in [-0.15, -0.1) is 0 Å². The second kappa shape index (κ2) is 7.99. The van der Waals surface area contributed by atoms with Crippen molar-refractivity contribution in [1.29, 1.82) is 5.26 Å². The number of nitrogens with zero attached hydrogens (tertiary/aromatic N) is 2. The standard InChI is InChI=1S/C14H21N3S/c1-11-9-14(13(10-15)12(2)17-11)16-7-5-4-6-8-18-3/h9H,4-8H2,1-3H3,(H,16,17). The van der Waals surface area contributed by atoms with Crippen LogP contribution in [0.25, 0.3) is 0 Å². The quantitative estimate of drug-likeness (QED) is 0.765. The largest absolute Gasteiger partial charge is 0.384 e. The highest BCUT2D eigenvalue weighted by molar-refractivity contribution is 7.98. The molecule has 0 bridgehead atoms. The molecule has 0 fully saturated rings. The van der Waals surface area contributed by atoms with Crippen LogP contribution in [0.2, 0.25) is 0 Å². The summed E-state index contributed by atoms with van der Waals surface area (Å²) in [5.74, 6) is 1.23. The molecule has 0 radical (unpaired) electrons. The number of nitriles is 1. The third kappa shape index (κ3) is 4.58. The number of aromatic nitrogens is 1. The van der Waals surface area contributed by atoms with E-state index in [1.807, 2.05) is 31.7 Å². The lowest BCUT2D eigenvalue weighted by atomic mass is 10.1. The normalized spacial score (nSPS) is 10.1. The Labute approximate surface area is 114 Å². The monoisotopic (exact) mass is 263 g/mol. The molecule has 0 atom stereocenters. The molecule has 1 aromatic rings. The van der Waals surface area contributed by atoms with Crippen molar-refractivity contribution in [3.63, 3.8) is 0 Å². The maximum absolute atomic E-state index is 9.13. The lowest BCUT2D eigenvalue weighted by molar-refractivity contribution is 0.749. The molecular weight excluding hydrogens is 242 g/mol. The summed E-state index contributed by atoms with van der Waals surface area (Å²) in [5, 5.41) is 12.5. The highest BCUT2D eigenvalue weighted by Gasteiger charge is 2.07. The Bertz CT molecular complexity index is 424. The highest BCUT2D eigenvalue weighted by atomic mass is 32.2. The smallest absolute Gasteiger partial charge is 0.103 e. The summed E-state index contributed by atoms with van der Waals surface area (Å²) in [7, 11) is 0. The van der Waals surface area contributed by atoms with Crippen molar-refractivity contribution in [2.24, 2.45) is 0 Å². The molecule has 0 unspecified atom stereocenters. The van der Waals surface area contributed by atoms with Crippen LogP contribution in [0.5, 0.6) is 0 Å². The highest BCUT2D eigenvalue weighted by Crippen LogP contribution is 2.18. The predicted octanol–water partition coefficient (Wildman–Crippen LogP) is 3.52. The van der Waals surface area contributed by atoms with E-state index in [-0.39, 0.29) is 0 Å². The van der Waals surface area contributed by atoms with Crippen LogP contribution in [0, 0.1) is 25.2 Å². The maximum atomic E-state index is 9.13. The van der Waals surface area contributed by atoms with Gasteiger partial charge in [0.15, 0.2) is 0 Å². The molecule has 0 aromatic carbocycles. The zero-order valence-corrected chi connectivity index (χ0v) is 12.2. The molecule has 1 N–H and O–H groups in total. The molecule has 0 saturated carbocycles. The minimum Gasteiger partial charge on any atom is -0.384 e. The molecule has 18 heavy (non-hydrogen) atoms. The molecule has 0 amide bonds. The number of rotatable bonds is 7. The van der Waals surface area contributed by atoms with Crippen molar-refractivity contribution in [1.82, 2.24) is 4.98 Å². The summed E-state index contributed by atoms with van der Waals surface area (Å²) >= 11 is 1.89. The number of unbranched alkanes of at least 4 members (excludes halogenated alkanes) is 2. The lowest BCUT2D eigenvalue weighted by Crippen LogP contribution is -2.06. The number of anilines is 1. The third-order valence-corrected chi connectivity index (χ3v) is 3.48. The fourth-order valence-corrected chi connectivity index (χ4v) is 2.37. The average molecular weight is 263 g/mol. The molecular formula is C14H21N3S. The Morgan fingerprint density at radius 3 is 2.78 bits per heavy atom. The first-order valence-corrected chi connectivity index (χ1v) is 7.69. The molecule has 0 aliphatic heterocycles. The van der Waals surface area contributed by atoms with Gasteiger partial charge in [-0.1, -0.05) is 6.42 Å². The molecule has 98 valence electrons. The number of hydrogen-bond acceptors (Lipinski definition) is 4. The van der Waals surface area contributed by atoms with Crippen LogP contribution in [0.15, 0.2) is 6.07 Å². The Hall–Kier alpha value is -1.21. The summed E-state index contributed by atoms with van der Waals surface area (Å²) in [5.41, 5.74) is 3.36. The van der Waals surface area contributed by atoms with E-state index in [1.54, 1.807) is 0 Å². The molecule has 1 aromatic heterocycles. The summed E-state index contributed by atoms with van der Waals surface area (Å²) in [4.78, 5) is 4.31. The first-order valence-electron chi connectivity index (χ1n) is 6.30. The van der Waals surface area contributed by atoms with Gasteiger partial charge in [0.05, 0.1) is 16.9 Å². The van der Waals surface area contributed by atoms with E-state index >= 15 is 0 Å². The van der Waals surface area contributed by atoms with Gasteiger partial charge in [0.25, 0.3) is 0 Å². The van der Waals surface area contributed by atoms with Crippen molar-refractivity contribution >= 4 is 17.4 Å². The molecule has 0 aliphatic rings. The van der Waals surface area contributed by atoms with Crippen LogP contribution in [-0.4, -0.2) is 23.5 Å². The molecule has 1 heterocycles. The molecule has 1 rings (SSSR count). The predicted molar refractivity (Wildman–Crippen MR) is 79.1 cm³/mol. The zero-order chi connectivity index (χ0) is 13.4. The molecule has 0 spiro atoms. The van der Waals surface area contributed by atoms with Crippen molar-refractivity contribution in [3.8, 4) is 6.07 Å². The Morgan fingerprint density at radius 1 is 1.33 bits per heavy atom. The fourth-order valence-electron chi connectivity index (χ4n) is 1.88. The van der Waals surface area contributed by atoms with Gasteiger partial charge >= 0.3 is 0 Å². The second-order valence-electron chi connectivity index (χ2n) is 4.36. The molecule has 3 nitrogen and oxygen atoms in total. The van der Waals surface area contributed by atoms with Crippen molar-refractivity contribution in [2.75, 3.05) is 23.9 Å². The van der Waals surface area contributed by atoms with E-state index in [2.05, 4.69) is 22.6 Å². The van der Waals surface area contributed by atoms with Crippen LogP contribution >= 0.6 is 11.8 Å². The summed E-state index contributed by atoms with van der Waals surface area (Å²) in [6.07, 6.45) is 5.78. The van der Waals surface area contributed by atoms with E-state index in [0.717, 1.165) is 30.0 Å². The number of aryl methyl sites for hydroxylation is 2. The van der Waals surface area contributed by atoms with E-state index in [1.165, 1.54) is 18.6 Å². The summed E-state index contributed by atoms with van der Waals surface area (Å²) in [6, 6.07) is 4.18. The van der Waals surface area contributed by atoms with Crippen LogP contribution in [0.4, 0.5) is 5.69 Å². The van der Waals surface area contributed by atoms with E-state index in [0.29, 0.717) is 5.56 Å². The SMILES string of the molecule is CSCCCCCNc1cc(C)nc(C)c1C#N. The minimum absolute atomic E-state index is 0.671. The zero-order valence-electron chi connectivity index (χ0n) is 11.4. The molecule has 4 heteroatoms. The van der Waals surface area contributed by atoms with Gasteiger partial charge in [-0.3, -0.25) is 4.98 Å². The van der Waals surface area contributed by atoms with E-state index < -0.39 is 0 Å². The average Bonchev–Trinajstić information content (AvgIpc) is 2.33. The topological polar surface area (TPSA) is 48.7 Å². The van der Waals surface area contributed by atoms with Gasteiger partial charge in [0.2, 0.25) is 0 Å². The van der Waals surface area contributed by atoms with Crippen LogP contribution in [-0.2, 0) is 0 Å². The van der Waals surface area contributed by atoms with Gasteiger partial charge < -0.3 is 5.32 Å². The third-order valence-electron chi connectivity index (χ3n) is 2.78. The van der Waals surface area contributed by atoms with Gasteiger partial charge in [-0.2, -0.15) is 17.0 Å². The number of thioether (sulfide) groups is 1. The number of pyridine rings is 1. The summed E-state index contributed by atoms with van der Waals surface area (Å²) < 4.78 is 0. The van der Waals surface area contributed by atoms with Crippen molar-refractivity contribution in [2.45, 2.75) is 33.1 Å². The first kappa shape index (κ1) is 14.8. The van der Waals surface area contributed by atoms with Crippen molar-refractivity contribution < 1.29 is 0 Å². The second-order valence-corrected chi connectivity index (χ2v) is 5.35. The van der Waals surface area contributed by atoms with Crippen molar-refractivity contribution in [3.05, 3.63) is 23.0 Å². The lowest BCUT2D eigenvalue weighted by Gasteiger charge is -2.10. The van der Waals surface area contributed by atoms with E-state index in [4.69, 9.17) is 5.26 Å². The summed E-state index contributed by atoms with van der Waals surface area (Å²) in [6.45, 7) is 4.76. The minimum atomic E-state index is 0.671. The Balaban J connectivity index is 2.49. The number of hydrogen-bond donors (Lipinski definition) is 1. The van der Waals surface area contributed by atoms with Gasteiger partial charge in [0, 0.05) is 12.2 Å². The Morgan fingerprint density at radius 2 is 2.11 bits per heavy atom. The van der Waals surface area contributed by atoms with Gasteiger partial charge in [0.1, 0.15) is 6.07 Å². The van der Waals surface area contributed by atoms with Gasteiger partial charge in [-0.25, -0.2) is 0 Å². The first-order chi connectivity index (χ1) is 8.69. The molecule has 0 saturated heterocycles. The number of nitrogens with one attached hydrogen (secondary N) is 1. The van der Waals surface area contributed by atoms with Gasteiger partial charge in [-0.05, 0) is 44.8 Å². The van der Waals surface area contributed by atoms with Crippen LogP contribution in [0.1, 0.15) is 36.2 Å². The van der Waals surface area contributed by atoms with Crippen LogP contribution < -0.4 is 5.32 Å². The fraction of sp³-hybridized carbons (Fsp3) is 0.571. The van der Waals surface area contributed by atoms with Crippen LogP contribution in [0.3, 0.4) is 0 Å². The molecule has 0 aliphatic carbocycles. The van der Waals surface area contributed by atoms with E-state index in [9.17, 15) is 0 Å². The Kier molecular flexibility index (Phi) is 6.59. The maximum Gasteiger partial charge on any atom is 0.103 e.